The third-order valence-corrected chi connectivity index (χ3v) is 6.55. The molecule has 2 amide bonds. The van der Waals surface area contributed by atoms with Gasteiger partial charge in [0.25, 0.3) is 5.91 Å². The van der Waals surface area contributed by atoms with Gasteiger partial charge in [-0.1, -0.05) is 36.7 Å². The molecule has 2 aliphatic heterocycles. The number of hydrogen-bond donors (Lipinski definition) is 1. The minimum atomic E-state index is -0.663. The Morgan fingerprint density at radius 3 is 2.71 bits per heavy atom. The molecule has 2 saturated heterocycles. The maximum absolute atomic E-state index is 12.7. The van der Waals surface area contributed by atoms with Crippen molar-refractivity contribution in [3.63, 3.8) is 0 Å². The quantitative estimate of drug-likeness (QED) is 0.382. The van der Waals surface area contributed by atoms with Crippen LogP contribution in [0.5, 0.6) is 0 Å². The standard InChI is InChI=1S/C23H30Cl2N4O2/c1-2-3-4-5-6-9-12-29-23(31)22(25)20(15-26-29)27-13-14-28(21(30)17-27)16-18-10-7-8-11-19(18)24/h7-8,10-11,20,22,26H,2,5-6,9,12-17H2,1H3. The molecule has 6 nitrogen and oxygen atoms in total. The highest BCUT2D eigenvalue weighted by molar-refractivity contribution is 6.31. The normalized spacial score (nSPS) is 22.4. The molecular weight excluding hydrogens is 435 g/mol. The zero-order chi connectivity index (χ0) is 22.2. The van der Waals surface area contributed by atoms with Crippen molar-refractivity contribution in [2.75, 3.05) is 32.7 Å². The van der Waals surface area contributed by atoms with Crippen molar-refractivity contribution >= 4 is 35.0 Å². The van der Waals surface area contributed by atoms with Gasteiger partial charge in [0.15, 0.2) is 0 Å². The van der Waals surface area contributed by atoms with E-state index in [1.807, 2.05) is 41.0 Å². The number of nitrogens with one attached hydrogen (secondary N) is 1. The Labute approximate surface area is 194 Å². The fourth-order valence-electron chi connectivity index (χ4n) is 3.91. The highest BCUT2D eigenvalue weighted by Gasteiger charge is 2.40. The summed E-state index contributed by atoms with van der Waals surface area (Å²) in [6.07, 6.45) is 3.56. The first-order valence-electron chi connectivity index (χ1n) is 10.9. The molecule has 31 heavy (non-hydrogen) atoms. The van der Waals surface area contributed by atoms with Gasteiger partial charge in [-0.15, -0.1) is 23.4 Å². The topological polar surface area (TPSA) is 55.9 Å². The number of piperazine rings is 1. The van der Waals surface area contributed by atoms with Gasteiger partial charge in [-0.25, -0.2) is 5.43 Å². The van der Waals surface area contributed by atoms with Gasteiger partial charge in [-0.2, -0.15) is 0 Å². The summed E-state index contributed by atoms with van der Waals surface area (Å²) in [7, 11) is 0. The Balaban J connectivity index is 1.48. The van der Waals surface area contributed by atoms with Gasteiger partial charge >= 0.3 is 0 Å². The zero-order valence-corrected chi connectivity index (χ0v) is 19.5. The predicted molar refractivity (Wildman–Crippen MR) is 124 cm³/mol. The summed E-state index contributed by atoms with van der Waals surface area (Å²) < 4.78 is 0. The van der Waals surface area contributed by atoms with Crippen LogP contribution in [0.4, 0.5) is 0 Å². The van der Waals surface area contributed by atoms with Crippen LogP contribution in [0, 0.1) is 11.8 Å². The number of halogens is 2. The minimum Gasteiger partial charge on any atom is -0.336 e. The number of carbonyl (C=O) groups is 2. The second-order valence-electron chi connectivity index (χ2n) is 7.86. The van der Waals surface area contributed by atoms with E-state index in [-0.39, 0.29) is 24.4 Å². The van der Waals surface area contributed by atoms with E-state index in [0.29, 0.717) is 37.7 Å². The van der Waals surface area contributed by atoms with Crippen LogP contribution in [0.2, 0.25) is 5.02 Å². The largest absolute Gasteiger partial charge is 0.336 e. The molecule has 168 valence electrons. The number of amides is 2. The van der Waals surface area contributed by atoms with Gasteiger partial charge in [0.1, 0.15) is 5.38 Å². The van der Waals surface area contributed by atoms with E-state index in [1.165, 1.54) is 0 Å². The van der Waals surface area contributed by atoms with E-state index in [0.717, 1.165) is 31.2 Å². The Morgan fingerprint density at radius 2 is 1.97 bits per heavy atom. The average Bonchev–Trinajstić information content (AvgIpc) is 2.76. The van der Waals surface area contributed by atoms with E-state index in [1.54, 1.807) is 5.01 Å². The van der Waals surface area contributed by atoms with Crippen molar-refractivity contribution in [1.82, 2.24) is 20.2 Å². The molecule has 1 N–H and O–H groups in total. The molecule has 1 aromatic carbocycles. The molecule has 3 rings (SSSR count). The third kappa shape index (κ3) is 6.36. The van der Waals surface area contributed by atoms with Crippen molar-refractivity contribution in [3.8, 4) is 11.8 Å². The van der Waals surface area contributed by atoms with E-state index >= 15 is 0 Å². The maximum Gasteiger partial charge on any atom is 0.256 e. The van der Waals surface area contributed by atoms with Crippen LogP contribution in [0.25, 0.3) is 0 Å². The fraction of sp³-hybridized carbons (Fsp3) is 0.565. The van der Waals surface area contributed by atoms with Crippen LogP contribution < -0.4 is 5.43 Å². The van der Waals surface area contributed by atoms with Crippen molar-refractivity contribution in [3.05, 3.63) is 34.9 Å². The third-order valence-electron chi connectivity index (χ3n) is 5.70. The molecule has 1 aromatic rings. The van der Waals surface area contributed by atoms with Crippen LogP contribution in [0.3, 0.4) is 0 Å². The van der Waals surface area contributed by atoms with Crippen molar-refractivity contribution in [2.45, 2.75) is 50.6 Å². The van der Waals surface area contributed by atoms with E-state index in [9.17, 15) is 9.59 Å². The lowest BCUT2D eigenvalue weighted by Gasteiger charge is -2.44. The van der Waals surface area contributed by atoms with Gasteiger partial charge < -0.3 is 4.90 Å². The molecular formula is C23H30Cl2N4O2. The number of carbonyl (C=O) groups excluding carboxylic acids is 2. The number of nitrogens with zero attached hydrogens (tertiary/aromatic N) is 3. The Hall–Kier alpha value is -1.78. The number of rotatable bonds is 7. The molecule has 0 bridgehead atoms. The van der Waals surface area contributed by atoms with Gasteiger partial charge in [-0.05, 0) is 24.5 Å². The Bertz CT molecular complexity index is 838. The first-order valence-corrected chi connectivity index (χ1v) is 11.7. The van der Waals surface area contributed by atoms with E-state index in [4.69, 9.17) is 23.2 Å². The number of hydrogen-bond acceptors (Lipinski definition) is 4. The van der Waals surface area contributed by atoms with Gasteiger partial charge in [0.05, 0.1) is 6.54 Å². The molecule has 0 aliphatic carbocycles. The molecule has 0 aromatic heterocycles. The summed E-state index contributed by atoms with van der Waals surface area (Å²) in [5.74, 6) is 6.08. The van der Waals surface area contributed by atoms with Gasteiger partial charge in [0, 0.05) is 56.6 Å². The number of alkyl halides is 1. The van der Waals surface area contributed by atoms with Crippen LogP contribution in [-0.2, 0) is 16.1 Å². The van der Waals surface area contributed by atoms with Gasteiger partial charge in [-0.3, -0.25) is 19.5 Å². The maximum atomic E-state index is 12.7. The highest BCUT2D eigenvalue weighted by atomic mass is 35.5. The molecule has 0 saturated carbocycles. The molecule has 2 aliphatic rings. The summed E-state index contributed by atoms with van der Waals surface area (Å²) >= 11 is 12.8. The summed E-state index contributed by atoms with van der Waals surface area (Å²) in [5, 5.41) is 1.62. The van der Waals surface area contributed by atoms with Crippen molar-refractivity contribution < 1.29 is 9.59 Å². The first kappa shape index (κ1) is 23.9. The van der Waals surface area contributed by atoms with Crippen LogP contribution in [-0.4, -0.2) is 70.8 Å². The molecule has 8 heteroatoms. The average molecular weight is 465 g/mol. The molecule has 0 radical (unpaired) electrons. The number of hydrazine groups is 1. The molecule has 2 heterocycles. The lowest BCUT2D eigenvalue weighted by molar-refractivity contribution is -0.144. The molecule has 2 atom stereocenters. The highest BCUT2D eigenvalue weighted by Crippen LogP contribution is 2.22. The Kier molecular flexibility index (Phi) is 9.03. The Morgan fingerprint density at radius 1 is 1.16 bits per heavy atom. The lowest BCUT2D eigenvalue weighted by Crippen LogP contribution is -2.66. The van der Waals surface area contributed by atoms with Crippen LogP contribution in [0.1, 0.15) is 38.2 Å². The summed E-state index contributed by atoms with van der Waals surface area (Å²) in [6.45, 7) is 5.21. The molecule has 2 unspecified atom stereocenters. The number of unbranched alkanes of at least 4 members (excludes halogenated alkanes) is 2. The van der Waals surface area contributed by atoms with Crippen molar-refractivity contribution in [1.29, 1.82) is 0 Å². The summed E-state index contributed by atoms with van der Waals surface area (Å²) in [5.41, 5.74) is 4.14. The number of benzene rings is 1. The smallest absolute Gasteiger partial charge is 0.256 e. The SMILES string of the molecule is CCC#CCCCCN1NCC(N2CCN(Cc3ccccc3Cl)C(=O)C2)C(Cl)C1=O. The molecule has 2 fully saturated rings. The molecule has 0 spiro atoms. The minimum absolute atomic E-state index is 0.0260. The lowest BCUT2D eigenvalue weighted by atomic mass is 10.1. The van der Waals surface area contributed by atoms with Crippen molar-refractivity contribution in [2.24, 2.45) is 0 Å². The van der Waals surface area contributed by atoms with Crippen LogP contribution in [0.15, 0.2) is 24.3 Å². The summed E-state index contributed by atoms with van der Waals surface area (Å²) in [4.78, 5) is 29.3. The zero-order valence-electron chi connectivity index (χ0n) is 17.9. The van der Waals surface area contributed by atoms with E-state index in [2.05, 4.69) is 17.3 Å². The first-order chi connectivity index (χ1) is 15.0. The second-order valence-corrected chi connectivity index (χ2v) is 8.74. The monoisotopic (exact) mass is 464 g/mol. The van der Waals surface area contributed by atoms with Crippen LogP contribution >= 0.6 is 23.2 Å². The summed E-state index contributed by atoms with van der Waals surface area (Å²) in [6, 6.07) is 7.37. The second kappa shape index (κ2) is 11.7. The predicted octanol–water partition coefficient (Wildman–Crippen LogP) is 2.89. The van der Waals surface area contributed by atoms with E-state index < -0.39 is 5.38 Å². The fourth-order valence-corrected chi connectivity index (χ4v) is 4.47. The van der Waals surface area contributed by atoms with Gasteiger partial charge in [0.2, 0.25) is 5.91 Å².